The molecule has 0 radical (unpaired) electrons. The van der Waals surface area contributed by atoms with E-state index in [-0.39, 0.29) is 11.9 Å². The molecule has 4 nitrogen and oxygen atoms in total. The molecule has 1 N–H and O–H groups in total. The van der Waals surface area contributed by atoms with Crippen LogP contribution in [0.25, 0.3) is 0 Å². The highest BCUT2D eigenvalue weighted by Crippen LogP contribution is 2.23. The maximum atomic E-state index is 12.7. The second-order valence-electron chi connectivity index (χ2n) is 4.50. The number of anilines is 1. The zero-order valence-corrected chi connectivity index (χ0v) is 13.6. The summed E-state index contributed by atoms with van der Waals surface area (Å²) in [5.41, 5.74) is 0.648. The maximum Gasteiger partial charge on any atom is 0.257 e. The Labute approximate surface area is 126 Å². The Bertz CT molecular complexity index is 469. The molecule has 0 bridgehead atoms. The summed E-state index contributed by atoms with van der Waals surface area (Å²) >= 11 is 5.29. The number of carbonyl (C=O) groups excluding carboxylic acids is 1. The Morgan fingerprint density at radius 2 is 2.47 bits per heavy atom. The van der Waals surface area contributed by atoms with Crippen LogP contribution in [0.4, 0.5) is 5.82 Å². The highest BCUT2D eigenvalue weighted by Gasteiger charge is 2.26. The van der Waals surface area contributed by atoms with Gasteiger partial charge in [0, 0.05) is 41.3 Å². The van der Waals surface area contributed by atoms with Crippen LogP contribution in [0, 0.1) is 0 Å². The van der Waals surface area contributed by atoms with Crippen LogP contribution < -0.4 is 5.32 Å². The van der Waals surface area contributed by atoms with Crippen molar-refractivity contribution >= 4 is 39.4 Å². The maximum absolute atomic E-state index is 12.7. The second kappa shape index (κ2) is 6.61. The molecule has 1 aliphatic heterocycles. The zero-order valence-electron chi connectivity index (χ0n) is 11.1. The van der Waals surface area contributed by atoms with Gasteiger partial charge in [0.05, 0.1) is 5.56 Å². The fraction of sp³-hybridized carbons (Fsp3) is 0.538. The van der Waals surface area contributed by atoms with Gasteiger partial charge in [-0.3, -0.25) is 4.79 Å². The molecule has 6 heteroatoms. The summed E-state index contributed by atoms with van der Waals surface area (Å²) in [5, 5.41) is 3.15. The van der Waals surface area contributed by atoms with Crippen molar-refractivity contribution < 1.29 is 4.79 Å². The fourth-order valence-electron chi connectivity index (χ4n) is 2.09. The Morgan fingerprint density at radius 3 is 3.16 bits per heavy atom. The normalized spacial score (nSPS) is 19.3. The highest BCUT2D eigenvalue weighted by atomic mass is 79.9. The van der Waals surface area contributed by atoms with Crippen molar-refractivity contribution in [1.82, 2.24) is 9.88 Å². The molecule has 1 amide bonds. The number of thioether (sulfide) groups is 1. The van der Waals surface area contributed by atoms with Gasteiger partial charge < -0.3 is 10.2 Å². The third-order valence-electron chi connectivity index (χ3n) is 3.06. The van der Waals surface area contributed by atoms with Crippen molar-refractivity contribution in [3.63, 3.8) is 0 Å². The molecular weight excluding hydrogens is 326 g/mol. The molecule has 2 rings (SSSR count). The first kappa shape index (κ1) is 14.7. The summed E-state index contributed by atoms with van der Waals surface area (Å²) in [4.78, 5) is 18.9. The number of halogens is 1. The number of aromatic nitrogens is 1. The number of pyridine rings is 1. The largest absolute Gasteiger partial charge is 0.370 e. The summed E-state index contributed by atoms with van der Waals surface area (Å²) in [7, 11) is 0. The first-order valence-corrected chi connectivity index (χ1v) is 8.36. The summed E-state index contributed by atoms with van der Waals surface area (Å²) in [6.45, 7) is 5.66. The monoisotopic (exact) mass is 343 g/mol. The van der Waals surface area contributed by atoms with Crippen LogP contribution in [0.3, 0.4) is 0 Å². The number of nitrogens with zero attached hydrogens (tertiary/aromatic N) is 2. The van der Waals surface area contributed by atoms with Gasteiger partial charge in [-0.1, -0.05) is 0 Å². The summed E-state index contributed by atoms with van der Waals surface area (Å²) in [5.74, 6) is 2.75. The van der Waals surface area contributed by atoms with Crippen molar-refractivity contribution in [3.05, 3.63) is 22.3 Å². The highest BCUT2D eigenvalue weighted by molar-refractivity contribution is 9.10. The van der Waals surface area contributed by atoms with Crippen molar-refractivity contribution in [2.75, 3.05) is 29.9 Å². The standard InChI is InChI=1S/C13H18BrN3OS/c1-3-15-12-11(6-10(14)7-16-12)13(18)17-4-5-19-8-9(17)2/h6-7,9H,3-5,8H2,1-2H3,(H,15,16). The molecule has 19 heavy (non-hydrogen) atoms. The molecule has 2 heterocycles. The van der Waals surface area contributed by atoms with Crippen LogP contribution in [-0.4, -0.2) is 46.4 Å². The van der Waals surface area contributed by atoms with Gasteiger partial charge in [-0.2, -0.15) is 11.8 Å². The molecule has 1 aromatic heterocycles. The molecular formula is C13H18BrN3OS. The molecule has 1 atom stereocenters. The van der Waals surface area contributed by atoms with Crippen molar-refractivity contribution in [1.29, 1.82) is 0 Å². The Morgan fingerprint density at radius 1 is 1.68 bits per heavy atom. The van der Waals surface area contributed by atoms with E-state index >= 15 is 0 Å². The molecule has 1 fully saturated rings. The predicted molar refractivity (Wildman–Crippen MR) is 83.9 cm³/mol. The molecule has 0 aliphatic carbocycles. The number of hydrogen-bond acceptors (Lipinski definition) is 4. The van der Waals surface area contributed by atoms with Gasteiger partial charge in [0.25, 0.3) is 5.91 Å². The molecule has 0 spiro atoms. The molecule has 1 aromatic rings. The zero-order chi connectivity index (χ0) is 13.8. The summed E-state index contributed by atoms with van der Waals surface area (Å²) in [6, 6.07) is 2.13. The quantitative estimate of drug-likeness (QED) is 0.916. The van der Waals surface area contributed by atoms with Gasteiger partial charge in [0.2, 0.25) is 0 Å². The van der Waals surface area contributed by atoms with Crippen LogP contribution in [0.15, 0.2) is 16.7 Å². The second-order valence-corrected chi connectivity index (χ2v) is 6.57. The van der Waals surface area contributed by atoms with Gasteiger partial charge in [0.1, 0.15) is 5.82 Å². The lowest BCUT2D eigenvalue weighted by molar-refractivity contribution is 0.0716. The molecule has 104 valence electrons. The van der Waals surface area contributed by atoms with Gasteiger partial charge in [-0.25, -0.2) is 4.98 Å². The van der Waals surface area contributed by atoms with Crippen LogP contribution in [0.5, 0.6) is 0 Å². The molecule has 0 aromatic carbocycles. The van der Waals surface area contributed by atoms with E-state index in [1.54, 1.807) is 6.20 Å². The first-order valence-electron chi connectivity index (χ1n) is 6.41. The van der Waals surface area contributed by atoms with E-state index in [1.807, 2.05) is 29.7 Å². The Kier molecular flexibility index (Phi) is 5.10. The predicted octanol–water partition coefficient (Wildman–Crippen LogP) is 2.85. The van der Waals surface area contributed by atoms with E-state index in [4.69, 9.17) is 0 Å². The smallest absolute Gasteiger partial charge is 0.257 e. The van der Waals surface area contributed by atoms with Crippen molar-refractivity contribution in [2.45, 2.75) is 19.9 Å². The third-order valence-corrected chi connectivity index (χ3v) is 4.68. The first-order chi connectivity index (χ1) is 9.13. The minimum Gasteiger partial charge on any atom is -0.370 e. The van der Waals surface area contributed by atoms with Crippen LogP contribution in [-0.2, 0) is 0 Å². The lowest BCUT2D eigenvalue weighted by atomic mass is 10.2. The van der Waals surface area contributed by atoms with Crippen LogP contribution in [0.1, 0.15) is 24.2 Å². The Balaban J connectivity index is 2.28. The number of carbonyl (C=O) groups is 1. The van der Waals surface area contributed by atoms with Crippen LogP contribution in [0.2, 0.25) is 0 Å². The van der Waals surface area contributed by atoms with Gasteiger partial charge in [-0.05, 0) is 35.8 Å². The number of hydrogen-bond donors (Lipinski definition) is 1. The van der Waals surface area contributed by atoms with Crippen molar-refractivity contribution in [3.8, 4) is 0 Å². The SMILES string of the molecule is CCNc1ncc(Br)cc1C(=O)N1CCSCC1C. The van der Waals surface area contributed by atoms with E-state index in [1.165, 1.54) is 0 Å². The van der Waals surface area contributed by atoms with E-state index in [0.29, 0.717) is 11.4 Å². The molecule has 1 saturated heterocycles. The fourth-order valence-corrected chi connectivity index (χ4v) is 3.44. The number of nitrogens with one attached hydrogen (secondary N) is 1. The van der Waals surface area contributed by atoms with Gasteiger partial charge in [-0.15, -0.1) is 0 Å². The lowest BCUT2D eigenvalue weighted by Crippen LogP contribution is -2.44. The molecule has 1 aliphatic rings. The van der Waals surface area contributed by atoms with E-state index in [2.05, 4.69) is 33.2 Å². The average Bonchev–Trinajstić information content (AvgIpc) is 2.41. The van der Waals surface area contributed by atoms with E-state index in [0.717, 1.165) is 29.1 Å². The van der Waals surface area contributed by atoms with E-state index < -0.39 is 0 Å². The van der Waals surface area contributed by atoms with Gasteiger partial charge >= 0.3 is 0 Å². The summed E-state index contributed by atoms with van der Waals surface area (Å²) < 4.78 is 0.830. The number of rotatable bonds is 3. The summed E-state index contributed by atoms with van der Waals surface area (Å²) in [6.07, 6.45) is 1.71. The van der Waals surface area contributed by atoms with Gasteiger partial charge in [0.15, 0.2) is 0 Å². The Hall–Kier alpha value is -0.750. The minimum absolute atomic E-state index is 0.0672. The number of amides is 1. The minimum atomic E-state index is 0.0672. The van der Waals surface area contributed by atoms with E-state index in [9.17, 15) is 4.79 Å². The average molecular weight is 344 g/mol. The van der Waals surface area contributed by atoms with Crippen molar-refractivity contribution in [2.24, 2.45) is 0 Å². The lowest BCUT2D eigenvalue weighted by Gasteiger charge is -2.33. The molecule has 1 unspecified atom stereocenters. The molecule has 0 saturated carbocycles. The van der Waals surface area contributed by atoms with Crippen LogP contribution >= 0.6 is 27.7 Å². The topological polar surface area (TPSA) is 45.2 Å². The third kappa shape index (κ3) is 3.42.